The van der Waals surface area contributed by atoms with Crippen LogP contribution in [0.1, 0.15) is 24.0 Å². The van der Waals surface area contributed by atoms with E-state index in [0.29, 0.717) is 24.6 Å². The fraction of sp³-hybridized carbons (Fsp3) is 0.467. The number of carbonyl (C=O) groups excluding carboxylic acids is 1. The molecule has 0 saturated heterocycles. The zero-order valence-electron chi connectivity index (χ0n) is 12.2. The number of nitrogens with one attached hydrogen (secondary N) is 1. The smallest absolute Gasteiger partial charge is 0.224 e. The van der Waals surface area contributed by atoms with Gasteiger partial charge in [0.1, 0.15) is 0 Å². The molecule has 0 heterocycles. The molecule has 0 aliphatic heterocycles. The molecule has 1 fully saturated rings. The maximum absolute atomic E-state index is 11.8. The van der Waals surface area contributed by atoms with E-state index in [4.69, 9.17) is 10.9 Å². The van der Waals surface area contributed by atoms with Crippen LogP contribution in [0.3, 0.4) is 0 Å². The first-order chi connectivity index (χ1) is 10.1. The highest BCUT2D eigenvalue weighted by Crippen LogP contribution is 2.24. The van der Waals surface area contributed by atoms with E-state index in [1.165, 1.54) is 12.8 Å². The predicted octanol–water partition coefficient (Wildman–Crippen LogP) is 0.534. The number of likely N-dealkylation sites (N-methyl/N-ethyl adjacent to an activating group) is 1. The Hall–Kier alpha value is -2.08. The monoisotopic (exact) mass is 290 g/mol. The minimum absolute atomic E-state index is 0.00995. The maximum atomic E-state index is 11.8. The maximum Gasteiger partial charge on any atom is 0.224 e. The Morgan fingerprint density at radius 2 is 2.10 bits per heavy atom. The second-order valence-electron chi connectivity index (χ2n) is 5.42. The van der Waals surface area contributed by atoms with Crippen LogP contribution in [0, 0.1) is 0 Å². The Bertz CT molecular complexity index is 509. The van der Waals surface area contributed by atoms with Crippen molar-refractivity contribution in [1.82, 2.24) is 10.2 Å². The van der Waals surface area contributed by atoms with E-state index in [1.807, 2.05) is 12.1 Å². The second kappa shape index (κ2) is 7.08. The lowest BCUT2D eigenvalue weighted by atomic mass is 10.1. The Morgan fingerprint density at radius 1 is 1.43 bits per heavy atom. The molecule has 0 atom stereocenters. The van der Waals surface area contributed by atoms with Crippen molar-refractivity contribution in [2.45, 2.75) is 25.3 Å². The van der Waals surface area contributed by atoms with Gasteiger partial charge in [-0.2, -0.15) is 0 Å². The van der Waals surface area contributed by atoms with Crippen LogP contribution in [0.4, 0.5) is 0 Å². The summed E-state index contributed by atoms with van der Waals surface area (Å²) in [6.07, 6.45) is 2.89. The molecule has 1 aliphatic carbocycles. The highest BCUT2D eigenvalue weighted by molar-refractivity contribution is 5.97. The van der Waals surface area contributed by atoms with Gasteiger partial charge in [0.15, 0.2) is 5.84 Å². The number of carbonyl (C=O) groups is 1. The molecule has 2 rings (SSSR count). The molecule has 0 spiro atoms. The van der Waals surface area contributed by atoms with E-state index in [2.05, 4.69) is 22.4 Å². The van der Waals surface area contributed by atoms with Crippen molar-refractivity contribution in [3.63, 3.8) is 0 Å². The molecule has 1 aromatic carbocycles. The first-order valence-electron chi connectivity index (χ1n) is 7.14. The Labute approximate surface area is 124 Å². The summed E-state index contributed by atoms with van der Waals surface area (Å²) in [6.45, 7) is 1.56. The predicted molar refractivity (Wildman–Crippen MR) is 81.3 cm³/mol. The van der Waals surface area contributed by atoms with E-state index in [0.717, 1.165) is 12.1 Å². The van der Waals surface area contributed by atoms with Gasteiger partial charge in [-0.25, -0.2) is 0 Å². The topological polar surface area (TPSA) is 91.0 Å². The van der Waals surface area contributed by atoms with Gasteiger partial charge < -0.3 is 21.2 Å². The standard InChI is InChI=1S/C15H22N4O2/c1-19(13-6-7-13)9-8-17-14(20)10-11-2-4-12(5-3-11)15(16)18-21/h2-5,13,21H,6-10H2,1H3,(H2,16,18)(H,17,20). The molecule has 1 amide bonds. The molecule has 1 aliphatic rings. The molecule has 1 saturated carbocycles. The van der Waals surface area contributed by atoms with Crippen molar-refractivity contribution in [2.75, 3.05) is 20.1 Å². The average molecular weight is 290 g/mol. The third-order valence-electron chi connectivity index (χ3n) is 3.68. The number of amides is 1. The molecule has 6 heteroatoms. The van der Waals surface area contributed by atoms with Gasteiger partial charge in [-0.15, -0.1) is 0 Å². The third kappa shape index (κ3) is 4.75. The Balaban J connectivity index is 1.74. The first-order valence-corrected chi connectivity index (χ1v) is 7.14. The van der Waals surface area contributed by atoms with Gasteiger partial charge >= 0.3 is 0 Å². The fourth-order valence-corrected chi connectivity index (χ4v) is 2.17. The van der Waals surface area contributed by atoms with Crippen molar-refractivity contribution in [3.05, 3.63) is 35.4 Å². The zero-order chi connectivity index (χ0) is 15.2. The van der Waals surface area contributed by atoms with Gasteiger partial charge in [0.25, 0.3) is 0 Å². The molecular weight excluding hydrogens is 268 g/mol. The van der Waals surface area contributed by atoms with Gasteiger partial charge in [0, 0.05) is 24.7 Å². The number of nitrogens with zero attached hydrogens (tertiary/aromatic N) is 2. The number of benzene rings is 1. The summed E-state index contributed by atoms with van der Waals surface area (Å²) >= 11 is 0. The van der Waals surface area contributed by atoms with E-state index < -0.39 is 0 Å². The molecule has 6 nitrogen and oxygen atoms in total. The third-order valence-corrected chi connectivity index (χ3v) is 3.68. The van der Waals surface area contributed by atoms with Crippen molar-refractivity contribution in [2.24, 2.45) is 10.9 Å². The van der Waals surface area contributed by atoms with Gasteiger partial charge in [-0.1, -0.05) is 29.4 Å². The van der Waals surface area contributed by atoms with Crippen LogP contribution in [-0.4, -0.2) is 48.0 Å². The second-order valence-corrected chi connectivity index (χ2v) is 5.42. The molecule has 0 bridgehead atoms. The van der Waals surface area contributed by atoms with Crippen molar-refractivity contribution in [1.29, 1.82) is 0 Å². The van der Waals surface area contributed by atoms with Crippen LogP contribution >= 0.6 is 0 Å². The molecule has 1 aromatic rings. The minimum atomic E-state index is 0.00995. The van der Waals surface area contributed by atoms with E-state index in [1.54, 1.807) is 12.1 Å². The summed E-state index contributed by atoms with van der Waals surface area (Å²) in [5, 5.41) is 14.4. The summed E-state index contributed by atoms with van der Waals surface area (Å²) in [5.41, 5.74) is 7.02. The largest absolute Gasteiger partial charge is 0.409 e. The summed E-state index contributed by atoms with van der Waals surface area (Å²) in [6, 6.07) is 7.80. The van der Waals surface area contributed by atoms with Gasteiger partial charge in [-0.05, 0) is 25.5 Å². The SMILES string of the molecule is CN(CCNC(=O)Cc1ccc(C(N)=NO)cc1)C1CC1. The van der Waals surface area contributed by atoms with Crippen LogP contribution in [0.2, 0.25) is 0 Å². The van der Waals surface area contributed by atoms with E-state index >= 15 is 0 Å². The molecule has 4 N–H and O–H groups in total. The van der Waals surface area contributed by atoms with Gasteiger partial charge in [0.2, 0.25) is 5.91 Å². The summed E-state index contributed by atoms with van der Waals surface area (Å²) in [7, 11) is 2.09. The summed E-state index contributed by atoms with van der Waals surface area (Å²) in [4.78, 5) is 14.1. The summed E-state index contributed by atoms with van der Waals surface area (Å²) in [5.74, 6) is 0.0739. The molecule has 0 radical (unpaired) electrons. The number of nitrogens with two attached hydrogens (primary N) is 1. The highest BCUT2D eigenvalue weighted by atomic mass is 16.4. The number of rotatable bonds is 7. The lowest BCUT2D eigenvalue weighted by Crippen LogP contribution is -2.34. The molecule has 114 valence electrons. The molecular formula is C15H22N4O2. The lowest BCUT2D eigenvalue weighted by molar-refractivity contribution is -0.120. The minimum Gasteiger partial charge on any atom is -0.409 e. The lowest BCUT2D eigenvalue weighted by Gasteiger charge is -2.15. The van der Waals surface area contributed by atoms with Crippen molar-refractivity contribution >= 4 is 11.7 Å². The van der Waals surface area contributed by atoms with Crippen LogP contribution in [0.15, 0.2) is 29.4 Å². The fourth-order valence-electron chi connectivity index (χ4n) is 2.17. The van der Waals surface area contributed by atoms with E-state index in [9.17, 15) is 4.79 Å². The van der Waals surface area contributed by atoms with Crippen LogP contribution in [-0.2, 0) is 11.2 Å². The summed E-state index contributed by atoms with van der Waals surface area (Å²) < 4.78 is 0. The molecule has 21 heavy (non-hydrogen) atoms. The Morgan fingerprint density at radius 3 is 2.67 bits per heavy atom. The highest BCUT2D eigenvalue weighted by Gasteiger charge is 2.25. The van der Waals surface area contributed by atoms with Crippen LogP contribution < -0.4 is 11.1 Å². The molecule has 0 unspecified atom stereocenters. The number of hydrogen-bond acceptors (Lipinski definition) is 4. The van der Waals surface area contributed by atoms with Crippen LogP contribution in [0.25, 0.3) is 0 Å². The van der Waals surface area contributed by atoms with Crippen molar-refractivity contribution in [3.8, 4) is 0 Å². The number of hydrogen-bond donors (Lipinski definition) is 3. The van der Waals surface area contributed by atoms with Crippen LogP contribution in [0.5, 0.6) is 0 Å². The Kier molecular flexibility index (Phi) is 5.16. The average Bonchev–Trinajstić information content (AvgIpc) is 3.31. The van der Waals surface area contributed by atoms with Crippen molar-refractivity contribution < 1.29 is 10.0 Å². The normalized spacial score (nSPS) is 15.2. The molecule has 0 aromatic heterocycles. The number of oxime groups is 1. The van der Waals surface area contributed by atoms with Gasteiger partial charge in [0.05, 0.1) is 6.42 Å². The first kappa shape index (κ1) is 15.3. The quantitative estimate of drug-likeness (QED) is 0.296. The number of amidine groups is 1. The van der Waals surface area contributed by atoms with E-state index in [-0.39, 0.29) is 11.7 Å². The zero-order valence-corrected chi connectivity index (χ0v) is 12.2. The van der Waals surface area contributed by atoms with Gasteiger partial charge in [-0.3, -0.25) is 4.79 Å².